The van der Waals surface area contributed by atoms with Gasteiger partial charge < -0.3 is 20.4 Å². The van der Waals surface area contributed by atoms with Crippen LogP contribution in [-0.2, 0) is 0 Å². The van der Waals surface area contributed by atoms with E-state index in [0.29, 0.717) is 12.2 Å². The van der Waals surface area contributed by atoms with E-state index in [2.05, 4.69) is 23.7 Å². The van der Waals surface area contributed by atoms with Gasteiger partial charge in [0.05, 0.1) is 6.10 Å². The molecule has 0 saturated carbocycles. The first-order chi connectivity index (χ1) is 12.9. The number of benzene rings is 1. The van der Waals surface area contributed by atoms with Gasteiger partial charge in [0, 0.05) is 17.4 Å². The van der Waals surface area contributed by atoms with Crippen molar-refractivity contribution in [2.24, 2.45) is 5.73 Å². The summed E-state index contributed by atoms with van der Waals surface area (Å²) < 4.78 is 5.83. The Balaban J connectivity index is 2.19. The van der Waals surface area contributed by atoms with Crippen molar-refractivity contribution in [1.29, 1.82) is 5.41 Å². The highest BCUT2D eigenvalue weighted by Crippen LogP contribution is 2.27. The van der Waals surface area contributed by atoms with Gasteiger partial charge in [-0.05, 0) is 58.1 Å². The van der Waals surface area contributed by atoms with Gasteiger partial charge in [0.25, 0.3) is 5.91 Å². The number of aromatic nitrogens is 1. The number of nitrogens with zero attached hydrogens (tertiary/aromatic N) is 2. The van der Waals surface area contributed by atoms with Crippen LogP contribution in [0.5, 0.6) is 5.75 Å². The molecule has 1 aromatic heterocycles. The standard InChI is InChI=1S/C20H31N5O2/c1-5-24(6-2)11-8-12-25(20(21)22)19(26)17-13-15-16(23-17)9-7-10-18(15)27-14(3)4/h7,9-10,13-14,23H,5-6,8,11-12H2,1-4H3,(H3,21,22). The van der Waals surface area contributed by atoms with Crippen LogP contribution >= 0.6 is 0 Å². The lowest BCUT2D eigenvalue weighted by atomic mass is 10.2. The molecule has 2 rings (SSSR count). The number of guanidine groups is 1. The van der Waals surface area contributed by atoms with Crippen molar-refractivity contribution in [3.8, 4) is 5.75 Å². The number of carbonyl (C=O) groups is 1. The summed E-state index contributed by atoms with van der Waals surface area (Å²) in [6.45, 7) is 11.3. The van der Waals surface area contributed by atoms with Crippen molar-refractivity contribution in [3.05, 3.63) is 30.0 Å². The molecule has 0 atom stereocenters. The van der Waals surface area contributed by atoms with Gasteiger partial charge in [0.2, 0.25) is 0 Å². The molecule has 0 aliphatic carbocycles. The maximum atomic E-state index is 12.9. The minimum atomic E-state index is -0.297. The van der Waals surface area contributed by atoms with Crippen LogP contribution in [-0.4, -0.2) is 58.9 Å². The minimum Gasteiger partial charge on any atom is -0.490 e. The molecule has 0 radical (unpaired) electrons. The zero-order valence-corrected chi connectivity index (χ0v) is 16.7. The Morgan fingerprint density at radius 3 is 2.56 bits per heavy atom. The maximum absolute atomic E-state index is 12.9. The number of hydrogen-bond acceptors (Lipinski definition) is 4. The number of carbonyl (C=O) groups excluding carboxylic acids is 1. The fourth-order valence-corrected chi connectivity index (χ4v) is 3.07. The zero-order valence-electron chi connectivity index (χ0n) is 16.7. The lowest BCUT2D eigenvalue weighted by Crippen LogP contribution is -2.43. The molecule has 148 valence electrons. The van der Waals surface area contributed by atoms with Crippen LogP contribution < -0.4 is 10.5 Å². The average Bonchev–Trinajstić information content (AvgIpc) is 3.06. The van der Waals surface area contributed by atoms with E-state index >= 15 is 0 Å². The van der Waals surface area contributed by atoms with E-state index in [9.17, 15) is 4.79 Å². The van der Waals surface area contributed by atoms with Gasteiger partial charge in [-0.25, -0.2) is 0 Å². The van der Waals surface area contributed by atoms with E-state index in [1.807, 2.05) is 32.0 Å². The minimum absolute atomic E-state index is 0.0402. The number of amides is 1. The van der Waals surface area contributed by atoms with Gasteiger partial charge in [0.15, 0.2) is 5.96 Å². The predicted molar refractivity (Wildman–Crippen MR) is 109 cm³/mol. The van der Waals surface area contributed by atoms with Gasteiger partial charge in [-0.3, -0.25) is 15.1 Å². The van der Waals surface area contributed by atoms with Gasteiger partial charge in [-0.15, -0.1) is 0 Å². The molecule has 1 amide bonds. The second kappa shape index (κ2) is 9.41. The number of hydrogen-bond donors (Lipinski definition) is 3. The molecule has 0 spiro atoms. The van der Waals surface area contributed by atoms with Crippen LogP contribution in [0.4, 0.5) is 0 Å². The van der Waals surface area contributed by atoms with Crippen molar-refractivity contribution >= 4 is 22.8 Å². The summed E-state index contributed by atoms with van der Waals surface area (Å²) in [6.07, 6.45) is 0.799. The van der Waals surface area contributed by atoms with Crippen molar-refractivity contribution in [1.82, 2.24) is 14.8 Å². The molecule has 0 saturated heterocycles. The molecule has 7 nitrogen and oxygen atoms in total. The summed E-state index contributed by atoms with van der Waals surface area (Å²) in [5, 5.41) is 8.66. The van der Waals surface area contributed by atoms with Gasteiger partial charge in [-0.1, -0.05) is 19.9 Å². The second-order valence-corrected chi connectivity index (χ2v) is 6.79. The summed E-state index contributed by atoms with van der Waals surface area (Å²) in [5.74, 6) is 0.194. The van der Waals surface area contributed by atoms with E-state index in [1.165, 1.54) is 4.90 Å². The number of nitrogens with two attached hydrogens (primary N) is 1. The first kappa shape index (κ1) is 20.8. The lowest BCUT2D eigenvalue weighted by Gasteiger charge is -2.23. The Kier molecular flexibility index (Phi) is 7.24. The van der Waals surface area contributed by atoms with Crippen LogP contribution in [0.3, 0.4) is 0 Å². The molecule has 0 fully saturated rings. The van der Waals surface area contributed by atoms with E-state index in [-0.39, 0.29) is 18.0 Å². The topological polar surface area (TPSA) is 98.4 Å². The van der Waals surface area contributed by atoms with Gasteiger partial charge in [0.1, 0.15) is 11.4 Å². The lowest BCUT2D eigenvalue weighted by molar-refractivity contribution is 0.0835. The third-order valence-electron chi connectivity index (χ3n) is 4.50. The smallest absolute Gasteiger partial charge is 0.277 e. The Morgan fingerprint density at radius 1 is 1.26 bits per heavy atom. The molecule has 7 heteroatoms. The molecular weight excluding hydrogens is 342 g/mol. The summed E-state index contributed by atoms with van der Waals surface area (Å²) >= 11 is 0. The van der Waals surface area contributed by atoms with Crippen LogP contribution in [0.1, 0.15) is 44.6 Å². The highest BCUT2D eigenvalue weighted by molar-refractivity contribution is 6.06. The van der Waals surface area contributed by atoms with Crippen LogP contribution in [0.2, 0.25) is 0 Å². The van der Waals surface area contributed by atoms with Gasteiger partial charge in [-0.2, -0.15) is 0 Å². The number of aromatic amines is 1. The summed E-state index contributed by atoms with van der Waals surface area (Å²) in [7, 11) is 0. The van der Waals surface area contributed by atoms with Crippen LogP contribution in [0, 0.1) is 5.41 Å². The van der Waals surface area contributed by atoms with Crippen molar-refractivity contribution in [3.63, 3.8) is 0 Å². The summed E-state index contributed by atoms with van der Waals surface area (Å²) in [4.78, 5) is 19.7. The molecule has 1 heterocycles. The number of fused-ring (bicyclic) bond motifs is 1. The molecule has 0 bridgehead atoms. The highest BCUT2D eigenvalue weighted by Gasteiger charge is 2.21. The normalized spacial score (nSPS) is 11.3. The number of ether oxygens (including phenoxy) is 1. The Hall–Kier alpha value is -2.54. The van der Waals surface area contributed by atoms with E-state index in [0.717, 1.165) is 42.7 Å². The third kappa shape index (κ3) is 5.23. The second-order valence-electron chi connectivity index (χ2n) is 6.79. The Morgan fingerprint density at radius 2 is 1.96 bits per heavy atom. The Bertz CT molecular complexity index is 780. The van der Waals surface area contributed by atoms with Crippen molar-refractivity contribution in [2.45, 2.75) is 40.2 Å². The fourth-order valence-electron chi connectivity index (χ4n) is 3.07. The van der Waals surface area contributed by atoms with E-state index in [1.54, 1.807) is 6.07 Å². The average molecular weight is 374 g/mol. The molecule has 0 aliphatic rings. The fraction of sp³-hybridized carbons (Fsp3) is 0.500. The summed E-state index contributed by atoms with van der Waals surface area (Å²) in [5.41, 5.74) is 6.91. The Labute approximate surface area is 161 Å². The van der Waals surface area contributed by atoms with Crippen molar-refractivity contribution in [2.75, 3.05) is 26.2 Å². The van der Waals surface area contributed by atoms with Crippen molar-refractivity contribution < 1.29 is 9.53 Å². The molecule has 27 heavy (non-hydrogen) atoms. The number of H-pyrrole nitrogens is 1. The third-order valence-corrected chi connectivity index (χ3v) is 4.50. The highest BCUT2D eigenvalue weighted by atomic mass is 16.5. The molecule has 0 aliphatic heterocycles. The van der Waals surface area contributed by atoms with E-state index in [4.69, 9.17) is 15.9 Å². The van der Waals surface area contributed by atoms with E-state index < -0.39 is 0 Å². The van der Waals surface area contributed by atoms with Gasteiger partial charge >= 0.3 is 0 Å². The molecular formula is C20H31N5O2. The maximum Gasteiger partial charge on any atom is 0.277 e. The predicted octanol–water partition coefficient (Wildman–Crippen LogP) is 3.02. The molecule has 2 aromatic rings. The SMILES string of the molecule is CCN(CC)CCCN(C(=N)N)C(=O)c1cc2c(OC(C)C)cccc2[nH]1. The molecule has 1 aromatic carbocycles. The van der Waals surface area contributed by atoms with Crippen LogP contribution in [0.15, 0.2) is 24.3 Å². The summed E-state index contributed by atoms with van der Waals surface area (Å²) in [6, 6.07) is 7.45. The molecule has 4 N–H and O–H groups in total. The monoisotopic (exact) mass is 373 g/mol. The zero-order chi connectivity index (χ0) is 20.0. The number of nitrogens with one attached hydrogen (secondary N) is 2. The first-order valence-corrected chi connectivity index (χ1v) is 9.54. The molecule has 0 unspecified atom stereocenters. The quantitative estimate of drug-likeness (QED) is 0.465. The number of rotatable bonds is 9. The largest absolute Gasteiger partial charge is 0.490 e. The first-order valence-electron chi connectivity index (χ1n) is 9.54. The van der Waals surface area contributed by atoms with Crippen LogP contribution in [0.25, 0.3) is 10.9 Å².